The van der Waals surface area contributed by atoms with Gasteiger partial charge in [0.15, 0.2) is 9.84 Å². The molecule has 0 amide bonds. The highest BCUT2D eigenvalue weighted by Crippen LogP contribution is 1.99. The lowest BCUT2D eigenvalue weighted by Gasteiger charge is -2.34. The predicted octanol–water partition coefficient (Wildman–Crippen LogP) is -2.76. The molecule has 10 N–H and O–H groups in total. The van der Waals surface area contributed by atoms with Gasteiger partial charge in [-0.25, -0.2) is 0 Å². The summed E-state index contributed by atoms with van der Waals surface area (Å²) in [7, 11) is -2.83. The van der Waals surface area contributed by atoms with Crippen LogP contribution in [0.15, 0.2) is 60.7 Å². The third-order valence-corrected chi connectivity index (χ3v) is 7.44. The molecule has 0 bridgehead atoms. The van der Waals surface area contributed by atoms with E-state index in [2.05, 4.69) is 58.5 Å². The van der Waals surface area contributed by atoms with Crippen molar-refractivity contribution in [2.45, 2.75) is 0 Å². The van der Waals surface area contributed by atoms with Gasteiger partial charge >= 0.3 is 0 Å². The lowest BCUT2D eigenvalue weighted by Crippen LogP contribution is -2.78. The highest BCUT2D eigenvalue weighted by molar-refractivity contribution is 6.98. The molecule has 0 spiro atoms. The molecular formula is C16H30N6Si2. The standard InChI is InChI=1S/C16H24N4Si.H6N2Si/c17-11-13-19-21(20-14-12-18,15-7-3-1-4-8-15)16-9-5-2-6-10-16;1-3-2/h1-10,19-20H,11-14,17-18H2;1-3H2. The average Bonchev–Trinajstić information content (AvgIpc) is 2.64. The topological polar surface area (TPSA) is 128 Å². The van der Waals surface area contributed by atoms with Gasteiger partial charge in [0.2, 0.25) is 0 Å². The van der Waals surface area contributed by atoms with E-state index in [9.17, 15) is 0 Å². The van der Waals surface area contributed by atoms with Gasteiger partial charge in [-0.3, -0.25) is 0 Å². The molecule has 0 saturated carbocycles. The molecule has 0 fully saturated rings. The number of nitrogens with one attached hydrogen (secondary N) is 2. The summed E-state index contributed by atoms with van der Waals surface area (Å²) in [6.45, 7) is 2.76. The van der Waals surface area contributed by atoms with Crippen LogP contribution in [-0.2, 0) is 0 Å². The molecule has 24 heavy (non-hydrogen) atoms. The van der Waals surface area contributed by atoms with Gasteiger partial charge in [-0.1, -0.05) is 60.7 Å². The molecule has 132 valence electrons. The molecule has 2 rings (SSSR count). The third-order valence-electron chi connectivity index (χ3n) is 3.48. The smallest absolute Gasteiger partial charge is 0.267 e. The zero-order valence-corrected chi connectivity index (χ0v) is 16.5. The molecule has 6 nitrogen and oxygen atoms in total. The normalized spacial score (nSPS) is 10.8. The predicted molar refractivity (Wildman–Crippen MR) is 109 cm³/mol. The maximum absolute atomic E-state index is 5.73. The van der Waals surface area contributed by atoms with Gasteiger partial charge in [-0.05, 0) is 10.4 Å². The molecule has 0 saturated heterocycles. The van der Waals surface area contributed by atoms with Gasteiger partial charge < -0.3 is 32.2 Å². The van der Waals surface area contributed by atoms with Crippen LogP contribution in [-0.4, -0.2) is 44.4 Å². The largest absolute Gasteiger partial charge is 0.344 e. The van der Waals surface area contributed by atoms with E-state index in [0.29, 0.717) is 13.1 Å². The Bertz CT molecular complexity index is 491. The molecule has 2 aromatic carbocycles. The Morgan fingerprint density at radius 1 is 0.708 bits per heavy atom. The van der Waals surface area contributed by atoms with Crippen molar-refractivity contribution in [3.05, 3.63) is 60.7 Å². The molecule has 0 heterocycles. The van der Waals surface area contributed by atoms with Crippen LogP contribution in [0.2, 0.25) is 0 Å². The Labute approximate surface area is 148 Å². The van der Waals surface area contributed by atoms with Crippen molar-refractivity contribution in [1.82, 2.24) is 9.96 Å². The van der Waals surface area contributed by atoms with E-state index < -0.39 is 18.2 Å². The summed E-state index contributed by atoms with van der Waals surface area (Å²) in [6.07, 6.45) is 0. The monoisotopic (exact) mass is 362 g/mol. The first kappa shape index (κ1) is 20.7. The van der Waals surface area contributed by atoms with Gasteiger partial charge in [-0.2, -0.15) is 0 Å². The minimum absolute atomic E-state index is 0.583. The number of nitrogens with two attached hydrogens (primary N) is 4. The van der Waals surface area contributed by atoms with Gasteiger partial charge in [0.05, 0.1) is 0 Å². The number of benzene rings is 2. The Morgan fingerprint density at radius 3 is 1.33 bits per heavy atom. The number of hydrogen-bond acceptors (Lipinski definition) is 6. The summed E-state index contributed by atoms with van der Waals surface area (Å²) in [4.78, 5) is 7.40. The summed E-state index contributed by atoms with van der Waals surface area (Å²) in [5.74, 6) is 0. The van der Waals surface area contributed by atoms with E-state index in [1.807, 2.05) is 12.1 Å². The average molecular weight is 363 g/mol. The van der Waals surface area contributed by atoms with Crippen LogP contribution >= 0.6 is 0 Å². The van der Waals surface area contributed by atoms with E-state index in [0.717, 1.165) is 13.1 Å². The fourth-order valence-electron chi connectivity index (χ4n) is 2.53. The number of rotatable bonds is 8. The first-order chi connectivity index (χ1) is 11.7. The van der Waals surface area contributed by atoms with E-state index in [1.165, 1.54) is 10.4 Å². The van der Waals surface area contributed by atoms with Gasteiger partial charge in [0.1, 0.15) is 0 Å². The second kappa shape index (κ2) is 12.1. The first-order valence-electron chi connectivity index (χ1n) is 8.16. The summed E-state index contributed by atoms with van der Waals surface area (Å²) in [6, 6.07) is 21.1. The molecule has 0 aliphatic heterocycles. The Morgan fingerprint density at radius 2 is 1.04 bits per heavy atom. The Balaban J connectivity index is 0.000000891. The van der Waals surface area contributed by atoms with Crippen molar-refractivity contribution in [1.29, 1.82) is 0 Å². The first-order valence-corrected chi connectivity index (χ1v) is 11.8. The van der Waals surface area contributed by atoms with Crippen LogP contribution in [0, 0.1) is 0 Å². The summed E-state index contributed by atoms with van der Waals surface area (Å²) in [5, 5.41) is 12.1. The second-order valence-electron chi connectivity index (χ2n) is 5.15. The number of hydrogen-bond donors (Lipinski definition) is 6. The second-order valence-corrected chi connectivity index (χ2v) is 8.98. The van der Waals surface area contributed by atoms with Crippen LogP contribution in [0.1, 0.15) is 0 Å². The minimum atomic E-state index is -2.25. The van der Waals surface area contributed by atoms with E-state index in [1.54, 1.807) is 0 Å². The maximum atomic E-state index is 5.73. The van der Waals surface area contributed by atoms with E-state index >= 15 is 0 Å². The molecule has 8 heteroatoms. The fourth-order valence-corrected chi connectivity index (χ4v) is 6.23. The van der Waals surface area contributed by atoms with Crippen LogP contribution < -0.4 is 42.6 Å². The quantitative estimate of drug-likeness (QED) is 0.282. The van der Waals surface area contributed by atoms with Crippen molar-refractivity contribution in [3.8, 4) is 0 Å². The molecule has 0 aliphatic rings. The zero-order chi connectivity index (χ0) is 17.7. The van der Waals surface area contributed by atoms with Crippen molar-refractivity contribution in [2.75, 3.05) is 26.2 Å². The van der Waals surface area contributed by atoms with Gasteiger partial charge in [0.25, 0.3) is 8.40 Å². The summed E-state index contributed by atoms with van der Waals surface area (Å²) < 4.78 is 0. The van der Waals surface area contributed by atoms with Crippen LogP contribution in [0.5, 0.6) is 0 Å². The van der Waals surface area contributed by atoms with Gasteiger partial charge in [0, 0.05) is 26.2 Å². The SMILES string of the molecule is NCCN[Si](NCCN)(c1ccccc1)c1ccccc1.N[SiH2]N. The lowest BCUT2D eigenvalue weighted by molar-refractivity contribution is 0.815. The van der Waals surface area contributed by atoms with Crippen molar-refractivity contribution in [2.24, 2.45) is 22.3 Å². The van der Waals surface area contributed by atoms with Crippen molar-refractivity contribution >= 4 is 28.6 Å². The third kappa shape index (κ3) is 5.93. The summed E-state index contributed by atoms with van der Waals surface area (Å²) >= 11 is 0. The van der Waals surface area contributed by atoms with Crippen LogP contribution in [0.4, 0.5) is 0 Å². The highest BCUT2D eigenvalue weighted by atomic mass is 28.3. The fraction of sp³-hybridized carbons (Fsp3) is 0.250. The van der Waals surface area contributed by atoms with Crippen molar-refractivity contribution in [3.63, 3.8) is 0 Å². The van der Waals surface area contributed by atoms with Gasteiger partial charge in [-0.15, -0.1) is 0 Å². The molecule has 0 unspecified atom stereocenters. The van der Waals surface area contributed by atoms with Crippen LogP contribution in [0.25, 0.3) is 0 Å². The van der Waals surface area contributed by atoms with E-state index in [4.69, 9.17) is 22.3 Å². The maximum Gasteiger partial charge on any atom is 0.267 e. The molecule has 0 atom stereocenters. The molecule has 0 aliphatic carbocycles. The minimum Gasteiger partial charge on any atom is -0.344 e. The zero-order valence-electron chi connectivity index (χ0n) is 14.1. The van der Waals surface area contributed by atoms with Crippen LogP contribution in [0.3, 0.4) is 0 Å². The molecule has 0 radical (unpaired) electrons. The highest BCUT2D eigenvalue weighted by Gasteiger charge is 2.37. The van der Waals surface area contributed by atoms with Crippen molar-refractivity contribution < 1.29 is 0 Å². The molecule has 2 aromatic rings. The molecular weight excluding hydrogens is 332 g/mol. The summed E-state index contributed by atoms with van der Waals surface area (Å²) in [5.41, 5.74) is 11.5. The Hall–Kier alpha value is -1.37. The van der Waals surface area contributed by atoms with E-state index in [-0.39, 0.29) is 0 Å². The molecule has 0 aromatic heterocycles. The Kier molecular flexibility index (Phi) is 10.4. The lowest BCUT2D eigenvalue weighted by atomic mass is 10.4.